The number of hydrogen-bond donors (Lipinski definition) is 1. The van der Waals surface area contributed by atoms with Gasteiger partial charge in [-0.25, -0.2) is 8.42 Å². The summed E-state index contributed by atoms with van der Waals surface area (Å²) >= 11 is 0. The lowest BCUT2D eigenvalue weighted by Gasteiger charge is -2.29. The minimum Gasteiger partial charge on any atom is -0.379 e. The molecule has 7 nitrogen and oxygen atoms in total. The van der Waals surface area contributed by atoms with Crippen molar-refractivity contribution in [3.8, 4) is 0 Å². The van der Waals surface area contributed by atoms with Crippen molar-refractivity contribution < 1.29 is 17.9 Å². The molecule has 1 aliphatic rings. The van der Waals surface area contributed by atoms with Gasteiger partial charge in [-0.3, -0.25) is 14.0 Å². The van der Waals surface area contributed by atoms with E-state index in [-0.39, 0.29) is 5.91 Å². The Bertz CT molecular complexity index is 1030. The molecule has 0 spiro atoms. The number of hydrogen-bond acceptors (Lipinski definition) is 5. The predicted molar refractivity (Wildman–Crippen MR) is 127 cm³/mol. The van der Waals surface area contributed by atoms with Gasteiger partial charge in [0.2, 0.25) is 15.9 Å². The fraction of sp³-hybridized carbons (Fsp3) is 0.458. The minimum absolute atomic E-state index is 0.339. The number of carbonyl (C=O) groups is 1. The highest BCUT2D eigenvalue weighted by atomic mass is 32.2. The number of aryl methyl sites for hydroxylation is 2. The molecule has 1 unspecified atom stereocenters. The highest BCUT2D eigenvalue weighted by Gasteiger charge is 2.30. The Hall–Kier alpha value is -2.42. The zero-order valence-electron chi connectivity index (χ0n) is 19.3. The molecule has 32 heavy (non-hydrogen) atoms. The first-order valence-electron chi connectivity index (χ1n) is 10.9. The summed E-state index contributed by atoms with van der Waals surface area (Å²) < 4.78 is 31.7. The lowest BCUT2D eigenvalue weighted by molar-refractivity contribution is -0.122. The van der Waals surface area contributed by atoms with E-state index in [1.54, 1.807) is 13.0 Å². The Morgan fingerprint density at radius 2 is 1.72 bits per heavy atom. The summed E-state index contributed by atoms with van der Waals surface area (Å²) in [5.74, 6) is -0.339. The quantitative estimate of drug-likeness (QED) is 0.657. The molecule has 1 N–H and O–H groups in total. The van der Waals surface area contributed by atoms with E-state index in [4.69, 9.17) is 4.74 Å². The molecule has 1 atom stereocenters. The highest BCUT2D eigenvalue weighted by molar-refractivity contribution is 7.92. The number of sulfonamides is 1. The van der Waals surface area contributed by atoms with Gasteiger partial charge in [-0.15, -0.1) is 0 Å². The molecule has 1 amide bonds. The Labute approximate surface area is 191 Å². The Morgan fingerprint density at radius 1 is 1.09 bits per heavy atom. The number of carbonyl (C=O) groups excluding carboxylic acids is 1. The van der Waals surface area contributed by atoms with Crippen LogP contribution in [0.3, 0.4) is 0 Å². The molecule has 1 saturated heterocycles. The minimum atomic E-state index is -3.65. The molecule has 0 aliphatic carbocycles. The molecular weight excluding hydrogens is 426 g/mol. The van der Waals surface area contributed by atoms with Gasteiger partial charge in [-0.1, -0.05) is 36.4 Å². The number of nitrogens with zero attached hydrogens (tertiary/aromatic N) is 2. The van der Waals surface area contributed by atoms with E-state index in [1.165, 1.54) is 9.87 Å². The molecule has 0 bridgehead atoms. The molecule has 8 heteroatoms. The average Bonchev–Trinajstić information content (AvgIpc) is 2.75. The Kier molecular flexibility index (Phi) is 7.92. The second kappa shape index (κ2) is 10.5. The molecule has 1 heterocycles. The van der Waals surface area contributed by atoms with Crippen LogP contribution in [-0.2, 0) is 32.6 Å². The zero-order valence-corrected chi connectivity index (χ0v) is 20.1. The first-order chi connectivity index (χ1) is 15.1. The summed E-state index contributed by atoms with van der Waals surface area (Å²) in [6.45, 7) is 10.00. The van der Waals surface area contributed by atoms with Gasteiger partial charge in [0.1, 0.15) is 6.04 Å². The van der Waals surface area contributed by atoms with Crippen molar-refractivity contribution in [2.75, 3.05) is 36.9 Å². The normalized spacial score (nSPS) is 15.9. The zero-order chi connectivity index (χ0) is 23.3. The van der Waals surface area contributed by atoms with Gasteiger partial charge in [0.25, 0.3) is 0 Å². The second-order valence-corrected chi connectivity index (χ2v) is 10.3. The molecule has 1 aliphatic heterocycles. The number of benzene rings is 2. The summed E-state index contributed by atoms with van der Waals surface area (Å²) in [5.41, 5.74) is 4.45. The van der Waals surface area contributed by atoms with Gasteiger partial charge >= 0.3 is 0 Å². The Balaban J connectivity index is 1.64. The maximum Gasteiger partial charge on any atom is 0.243 e. The fourth-order valence-corrected chi connectivity index (χ4v) is 5.08. The third-order valence-corrected chi connectivity index (χ3v) is 6.92. The number of ether oxygens (including phenoxy) is 1. The Morgan fingerprint density at radius 3 is 2.34 bits per heavy atom. The highest BCUT2D eigenvalue weighted by Crippen LogP contribution is 2.26. The monoisotopic (exact) mass is 459 g/mol. The number of morpholine rings is 1. The first-order valence-corrected chi connectivity index (χ1v) is 12.7. The van der Waals surface area contributed by atoms with Crippen LogP contribution >= 0.6 is 0 Å². The van der Waals surface area contributed by atoms with Crippen LogP contribution in [0.2, 0.25) is 0 Å². The summed E-state index contributed by atoms with van der Waals surface area (Å²) in [6.07, 6.45) is 1.13. The molecular formula is C24H33N3O4S. The lowest BCUT2D eigenvalue weighted by Crippen LogP contribution is -2.48. The van der Waals surface area contributed by atoms with E-state index in [0.717, 1.165) is 55.8 Å². The average molecular weight is 460 g/mol. The molecule has 2 aromatic carbocycles. The largest absolute Gasteiger partial charge is 0.379 e. The van der Waals surface area contributed by atoms with Gasteiger partial charge in [0.05, 0.1) is 25.2 Å². The lowest BCUT2D eigenvalue weighted by atomic mass is 10.1. The van der Waals surface area contributed by atoms with E-state index in [1.807, 2.05) is 38.1 Å². The summed E-state index contributed by atoms with van der Waals surface area (Å²) in [5, 5.41) is 2.88. The van der Waals surface area contributed by atoms with Crippen molar-refractivity contribution in [1.29, 1.82) is 0 Å². The third kappa shape index (κ3) is 6.31. The van der Waals surface area contributed by atoms with Crippen LogP contribution in [0.1, 0.15) is 29.2 Å². The summed E-state index contributed by atoms with van der Waals surface area (Å²) in [7, 11) is -3.65. The number of rotatable bonds is 8. The van der Waals surface area contributed by atoms with Gasteiger partial charge < -0.3 is 10.1 Å². The number of amides is 1. The van der Waals surface area contributed by atoms with Crippen LogP contribution in [0.4, 0.5) is 5.69 Å². The van der Waals surface area contributed by atoms with Gasteiger partial charge in [0.15, 0.2) is 0 Å². The molecule has 3 rings (SSSR count). The van der Waals surface area contributed by atoms with Crippen molar-refractivity contribution in [2.45, 2.75) is 39.9 Å². The van der Waals surface area contributed by atoms with Crippen molar-refractivity contribution >= 4 is 21.6 Å². The summed E-state index contributed by atoms with van der Waals surface area (Å²) in [4.78, 5) is 15.2. The maximum absolute atomic E-state index is 12.9. The van der Waals surface area contributed by atoms with Gasteiger partial charge in [-0.2, -0.15) is 0 Å². The van der Waals surface area contributed by atoms with Crippen LogP contribution in [-0.4, -0.2) is 57.8 Å². The van der Waals surface area contributed by atoms with Crippen LogP contribution in [0.25, 0.3) is 0 Å². The van der Waals surface area contributed by atoms with E-state index >= 15 is 0 Å². The van der Waals surface area contributed by atoms with Crippen LogP contribution in [0.5, 0.6) is 0 Å². The van der Waals surface area contributed by atoms with Crippen molar-refractivity contribution in [3.05, 3.63) is 64.7 Å². The molecule has 174 valence electrons. The molecule has 0 saturated carbocycles. The van der Waals surface area contributed by atoms with Crippen molar-refractivity contribution in [2.24, 2.45) is 0 Å². The van der Waals surface area contributed by atoms with Crippen LogP contribution < -0.4 is 9.62 Å². The molecule has 1 fully saturated rings. The molecule has 0 radical (unpaired) electrons. The van der Waals surface area contributed by atoms with E-state index in [9.17, 15) is 13.2 Å². The topological polar surface area (TPSA) is 79.0 Å². The number of nitrogens with one attached hydrogen (secondary N) is 1. The van der Waals surface area contributed by atoms with E-state index in [0.29, 0.717) is 12.2 Å². The first kappa shape index (κ1) is 24.2. The van der Waals surface area contributed by atoms with E-state index < -0.39 is 16.1 Å². The van der Waals surface area contributed by atoms with Crippen molar-refractivity contribution in [3.63, 3.8) is 0 Å². The molecule has 2 aromatic rings. The smallest absolute Gasteiger partial charge is 0.243 e. The standard InChI is InChI=1S/C24H33N3O4S/c1-18-5-6-19(2)23(15-18)27(32(4,29)30)20(3)24(28)25-16-21-7-9-22(10-8-21)17-26-11-13-31-14-12-26/h5-10,15,20H,11-14,16-17H2,1-4H3,(H,25,28). The second-order valence-electron chi connectivity index (χ2n) is 8.45. The summed E-state index contributed by atoms with van der Waals surface area (Å²) in [6, 6.07) is 12.9. The van der Waals surface area contributed by atoms with Gasteiger partial charge in [-0.05, 0) is 49.1 Å². The van der Waals surface area contributed by atoms with E-state index in [2.05, 4.69) is 22.3 Å². The third-order valence-electron chi connectivity index (χ3n) is 5.69. The SMILES string of the molecule is Cc1ccc(C)c(N(C(C)C(=O)NCc2ccc(CN3CCOCC3)cc2)S(C)(=O)=O)c1. The maximum atomic E-state index is 12.9. The number of anilines is 1. The van der Waals surface area contributed by atoms with Gasteiger partial charge in [0, 0.05) is 26.2 Å². The molecule has 0 aromatic heterocycles. The fourth-order valence-electron chi connectivity index (χ4n) is 3.85. The van der Waals surface area contributed by atoms with Crippen LogP contribution in [0, 0.1) is 13.8 Å². The predicted octanol–water partition coefficient (Wildman–Crippen LogP) is 2.61. The van der Waals surface area contributed by atoms with Crippen LogP contribution in [0.15, 0.2) is 42.5 Å². The van der Waals surface area contributed by atoms with Crippen molar-refractivity contribution in [1.82, 2.24) is 10.2 Å².